The van der Waals surface area contributed by atoms with Crippen LogP contribution in [0.15, 0.2) is 22.7 Å². The Bertz CT molecular complexity index is 429. The lowest BCUT2D eigenvalue weighted by Gasteiger charge is -2.36. The van der Waals surface area contributed by atoms with Crippen LogP contribution in [0.5, 0.6) is 5.75 Å². The van der Waals surface area contributed by atoms with Crippen LogP contribution in [0.4, 0.5) is 0 Å². The number of halogens is 1. The molecule has 0 bridgehead atoms. The number of hydrogen-bond acceptors (Lipinski definition) is 3. The molecule has 2 aliphatic heterocycles. The summed E-state index contributed by atoms with van der Waals surface area (Å²) >= 11 is 3.44. The average molecular weight is 313 g/mol. The van der Waals surface area contributed by atoms with Gasteiger partial charge in [0, 0.05) is 29.0 Å². The quantitative estimate of drug-likeness (QED) is 0.866. The Morgan fingerprint density at radius 3 is 3.00 bits per heavy atom. The van der Waals surface area contributed by atoms with Crippen molar-refractivity contribution >= 4 is 15.9 Å². The first-order valence-corrected chi connectivity index (χ1v) is 7.25. The van der Waals surface area contributed by atoms with Gasteiger partial charge >= 0.3 is 0 Å². The van der Waals surface area contributed by atoms with Gasteiger partial charge in [0.1, 0.15) is 11.9 Å². The van der Waals surface area contributed by atoms with E-state index in [1.165, 1.54) is 0 Å². The van der Waals surface area contributed by atoms with Crippen molar-refractivity contribution in [2.75, 3.05) is 13.2 Å². The van der Waals surface area contributed by atoms with E-state index in [0.29, 0.717) is 12.3 Å². The lowest BCUT2D eigenvalue weighted by atomic mass is 9.88. The Morgan fingerprint density at radius 1 is 1.33 bits per heavy atom. The molecule has 0 radical (unpaired) electrons. The summed E-state index contributed by atoms with van der Waals surface area (Å²) in [5.41, 5.74) is 0.895. The van der Waals surface area contributed by atoms with E-state index in [4.69, 9.17) is 9.47 Å². The summed E-state index contributed by atoms with van der Waals surface area (Å²) in [7, 11) is 0. The van der Waals surface area contributed by atoms with Crippen LogP contribution in [0.3, 0.4) is 0 Å². The summed E-state index contributed by atoms with van der Waals surface area (Å²) < 4.78 is 12.5. The van der Waals surface area contributed by atoms with Gasteiger partial charge < -0.3 is 14.6 Å². The van der Waals surface area contributed by atoms with Crippen LogP contribution >= 0.6 is 15.9 Å². The topological polar surface area (TPSA) is 38.7 Å². The Kier molecular flexibility index (Phi) is 3.59. The van der Waals surface area contributed by atoms with Crippen molar-refractivity contribution in [3.8, 4) is 5.75 Å². The fourth-order valence-corrected chi connectivity index (χ4v) is 3.13. The summed E-state index contributed by atoms with van der Waals surface area (Å²) in [5, 5.41) is 10.2. The third-order valence-corrected chi connectivity index (χ3v) is 4.28. The maximum absolute atomic E-state index is 10.2. The summed E-state index contributed by atoms with van der Waals surface area (Å²) in [6.07, 6.45) is 2.53. The van der Waals surface area contributed by atoms with Crippen molar-refractivity contribution in [2.24, 2.45) is 5.92 Å². The molecule has 0 saturated carbocycles. The summed E-state index contributed by atoms with van der Waals surface area (Å²) in [6, 6.07) is 5.81. The van der Waals surface area contributed by atoms with Gasteiger partial charge in [-0.05, 0) is 25.0 Å². The van der Waals surface area contributed by atoms with E-state index in [1.807, 2.05) is 18.2 Å². The Balaban J connectivity index is 1.81. The molecular weight excluding hydrogens is 296 g/mol. The van der Waals surface area contributed by atoms with Crippen molar-refractivity contribution in [1.29, 1.82) is 0 Å². The number of aliphatic hydroxyl groups is 1. The minimum absolute atomic E-state index is 0.0714. The molecule has 2 heterocycles. The van der Waals surface area contributed by atoms with E-state index >= 15 is 0 Å². The monoisotopic (exact) mass is 312 g/mol. The predicted octanol–water partition coefficient (Wildman–Crippen LogP) is 3.06. The zero-order valence-electron chi connectivity index (χ0n) is 10.1. The highest BCUT2D eigenvalue weighted by Gasteiger charge is 2.33. The average Bonchev–Trinajstić information content (AvgIpc) is 2.39. The van der Waals surface area contributed by atoms with Gasteiger partial charge in [-0.1, -0.05) is 22.0 Å². The van der Waals surface area contributed by atoms with Gasteiger partial charge in [0.2, 0.25) is 0 Å². The standard InChI is InChI=1S/C14H17BrO3/c15-10-3-4-11-12(16)7-13(18-14(11)6-10)9-2-1-5-17-8-9/h3-4,6,9,12-13,16H,1-2,5,7-8H2/t9?,12-,13?/m1/s1. The van der Waals surface area contributed by atoms with Crippen LogP contribution in [0.25, 0.3) is 0 Å². The lowest BCUT2D eigenvalue weighted by Crippen LogP contribution is -2.37. The molecule has 0 spiro atoms. The minimum atomic E-state index is -0.422. The zero-order chi connectivity index (χ0) is 12.5. The van der Waals surface area contributed by atoms with E-state index in [2.05, 4.69) is 15.9 Å². The van der Waals surface area contributed by atoms with Crippen molar-refractivity contribution < 1.29 is 14.6 Å². The molecule has 2 unspecified atom stereocenters. The number of rotatable bonds is 1. The first kappa shape index (κ1) is 12.5. The molecule has 3 rings (SSSR count). The zero-order valence-corrected chi connectivity index (χ0v) is 11.7. The van der Waals surface area contributed by atoms with Crippen molar-refractivity contribution in [3.05, 3.63) is 28.2 Å². The number of ether oxygens (including phenoxy) is 2. The second-order valence-corrected chi connectivity index (χ2v) is 5.98. The summed E-state index contributed by atoms with van der Waals surface area (Å²) in [6.45, 7) is 1.61. The first-order valence-electron chi connectivity index (χ1n) is 6.46. The first-order chi connectivity index (χ1) is 8.74. The molecule has 98 valence electrons. The van der Waals surface area contributed by atoms with Gasteiger partial charge in [-0.3, -0.25) is 0 Å². The molecule has 4 heteroatoms. The van der Waals surface area contributed by atoms with E-state index in [9.17, 15) is 5.11 Å². The van der Waals surface area contributed by atoms with E-state index in [0.717, 1.165) is 41.8 Å². The van der Waals surface area contributed by atoms with Crippen molar-refractivity contribution in [2.45, 2.75) is 31.5 Å². The van der Waals surface area contributed by atoms with Crippen LogP contribution in [-0.4, -0.2) is 24.4 Å². The molecule has 2 aliphatic rings. The molecule has 1 aromatic carbocycles. The molecule has 1 saturated heterocycles. The van der Waals surface area contributed by atoms with Crippen molar-refractivity contribution in [1.82, 2.24) is 0 Å². The predicted molar refractivity (Wildman–Crippen MR) is 71.7 cm³/mol. The number of benzene rings is 1. The molecule has 1 N–H and O–H groups in total. The van der Waals surface area contributed by atoms with Crippen LogP contribution in [0.2, 0.25) is 0 Å². The maximum atomic E-state index is 10.2. The van der Waals surface area contributed by atoms with E-state index in [-0.39, 0.29) is 6.10 Å². The van der Waals surface area contributed by atoms with Crippen molar-refractivity contribution in [3.63, 3.8) is 0 Å². The molecule has 3 nitrogen and oxygen atoms in total. The third-order valence-electron chi connectivity index (χ3n) is 3.79. The largest absolute Gasteiger partial charge is 0.490 e. The highest BCUT2D eigenvalue weighted by Crippen LogP contribution is 2.39. The van der Waals surface area contributed by atoms with Gasteiger partial charge in [-0.2, -0.15) is 0 Å². The van der Waals surface area contributed by atoms with Gasteiger partial charge in [0.25, 0.3) is 0 Å². The highest BCUT2D eigenvalue weighted by molar-refractivity contribution is 9.10. The molecule has 18 heavy (non-hydrogen) atoms. The maximum Gasteiger partial charge on any atom is 0.126 e. The van der Waals surface area contributed by atoms with Crippen LogP contribution in [-0.2, 0) is 4.74 Å². The van der Waals surface area contributed by atoms with Crippen LogP contribution in [0.1, 0.15) is 30.9 Å². The summed E-state index contributed by atoms with van der Waals surface area (Å²) in [5.74, 6) is 1.21. The smallest absolute Gasteiger partial charge is 0.126 e. The van der Waals surface area contributed by atoms with E-state index < -0.39 is 6.10 Å². The van der Waals surface area contributed by atoms with E-state index in [1.54, 1.807) is 0 Å². The Morgan fingerprint density at radius 2 is 2.22 bits per heavy atom. The van der Waals surface area contributed by atoms with Gasteiger partial charge in [-0.25, -0.2) is 0 Å². The molecule has 0 aromatic heterocycles. The normalized spacial score (nSPS) is 31.6. The SMILES string of the molecule is O[C@@H]1CC(C2CCCOC2)Oc2cc(Br)ccc21. The second kappa shape index (κ2) is 5.19. The van der Waals surface area contributed by atoms with Gasteiger partial charge in [0.15, 0.2) is 0 Å². The minimum Gasteiger partial charge on any atom is -0.490 e. The molecule has 3 atom stereocenters. The molecule has 1 aromatic rings. The molecular formula is C14H17BrO3. The van der Waals surface area contributed by atoms with Gasteiger partial charge in [-0.15, -0.1) is 0 Å². The molecule has 1 fully saturated rings. The fraction of sp³-hybridized carbons (Fsp3) is 0.571. The Hall–Kier alpha value is -0.580. The summed E-state index contributed by atoms with van der Waals surface area (Å²) in [4.78, 5) is 0. The second-order valence-electron chi connectivity index (χ2n) is 5.07. The number of aliphatic hydroxyl groups excluding tert-OH is 1. The third kappa shape index (κ3) is 2.42. The van der Waals surface area contributed by atoms with Crippen LogP contribution < -0.4 is 4.74 Å². The number of hydrogen-bond donors (Lipinski definition) is 1. The molecule has 0 amide bonds. The van der Waals surface area contributed by atoms with Gasteiger partial charge in [0.05, 0.1) is 12.7 Å². The highest BCUT2D eigenvalue weighted by atomic mass is 79.9. The number of fused-ring (bicyclic) bond motifs is 1. The van der Waals surface area contributed by atoms with Crippen LogP contribution in [0, 0.1) is 5.92 Å². The fourth-order valence-electron chi connectivity index (χ4n) is 2.79. The Labute approximate surface area is 115 Å². The molecule has 0 aliphatic carbocycles. The lowest BCUT2D eigenvalue weighted by molar-refractivity contribution is -0.0286.